The van der Waals surface area contributed by atoms with Crippen LogP contribution in [0.1, 0.15) is 40.1 Å². The summed E-state index contributed by atoms with van der Waals surface area (Å²) in [6, 6.07) is 4.66. The van der Waals surface area contributed by atoms with Crippen LogP contribution in [0.15, 0.2) is 29.2 Å². The molecule has 2 heterocycles. The largest absolute Gasteiger partial charge is 0.465 e. The highest BCUT2D eigenvalue weighted by Gasteiger charge is 2.35. The topological polar surface area (TPSA) is 92.8 Å². The molecule has 4 rings (SSSR count). The second-order valence-corrected chi connectivity index (χ2v) is 10.7. The number of piperidine rings is 1. The van der Waals surface area contributed by atoms with E-state index in [4.69, 9.17) is 4.74 Å². The normalized spacial score (nSPS) is 19.1. The third kappa shape index (κ3) is 4.24. The van der Waals surface area contributed by atoms with Gasteiger partial charge in [-0.15, -0.1) is 11.3 Å². The number of methoxy groups -OCH3 is 1. The monoisotopic (exact) mass is 466 g/mol. The van der Waals surface area contributed by atoms with Crippen LogP contribution < -0.4 is 5.32 Å². The molecule has 0 spiro atoms. The Bertz CT molecular complexity index is 1110. The molecule has 1 amide bonds. The van der Waals surface area contributed by atoms with Gasteiger partial charge in [0.2, 0.25) is 15.9 Å². The lowest BCUT2D eigenvalue weighted by Crippen LogP contribution is -2.43. The maximum atomic E-state index is 13.2. The highest BCUT2D eigenvalue weighted by Crippen LogP contribution is 2.40. The number of anilines is 1. The van der Waals surface area contributed by atoms with Gasteiger partial charge in [0.05, 0.1) is 23.5 Å². The van der Waals surface area contributed by atoms with Gasteiger partial charge >= 0.3 is 5.97 Å². The van der Waals surface area contributed by atoms with Crippen molar-refractivity contribution in [3.05, 3.63) is 46.1 Å². The fourth-order valence-corrected chi connectivity index (χ4v) is 6.96. The van der Waals surface area contributed by atoms with E-state index in [1.165, 1.54) is 34.9 Å². The molecule has 0 bridgehead atoms. The number of hydrogen-bond acceptors (Lipinski definition) is 6. The van der Waals surface area contributed by atoms with Gasteiger partial charge in [-0.3, -0.25) is 4.79 Å². The Hall–Kier alpha value is -2.30. The molecule has 1 saturated heterocycles. The molecular weight excluding hydrogens is 443 g/mol. The molecule has 0 radical (unpaired) electrons. The third-order valence-corrected chi connectivity index (χ3v) is 8.84. The van der Waals surface area contributed by atoms with Crippen molar-refractivity contribution < 1.29 is 27.1 Å². The fraction of sp³-hybridized carbons (Fsp3) is 0.429. The minimum Gasteiger partial charge on any atom is -0.465 e. The molecule has 10 heteroatoms. The number of carbonyl (C=O) groups excluding carboxylic acids is 2. The van der Waals surface area contributed by atoms with E-state index in [0.29, 0.717) is 30.0 Å². The molecule has 31 heavy (non-hydrogen) atoms. The molecule has 1 aromatic heterocycles. The summed E-state index contributed by atoms with van der Waals surface area (Å²) in [6.45, 7) is 0.328. The molecule has 1 fully saturated rings. The molecule has 2 aromatic rings. The Labute approximate surface area is 184 Å². The van der Waals surface area contributed by atoms with Crippen LogP contribution in [0.5, 0.6) is 0 Å². The first-order chi connectivity index (χ1) is 14.8. The number of fused-ring (bicyclic) bond motifs is 1. The van der Waals surface area contributed by atoms with Crippen molar-refractivity contribution in [2.45, 2.75) is 37.0 Å². The summed E-state index contributed by atoms with van der Waals surface area (Å²) in [6.07, 6.45) is 3.69. The lowest BCUT2D eigenvalue weighted by Gasteiger charge is -2.31. The number of sulfonamides is 1. The highest BCUT2D eigenvalue weighted by atomic mass is 32.2. The second-order valence-electron chi connectivity index (χ2n) is 7.70. The summed E-state index contributed by atoms with van der Waals surface area (Å²) in [5.41, 5.74) is 1.36. The van der Waals surface area contributed by atoms with Gasteiger partial charge in [-0.25, -0.2) is 17.6 Å². The number of aryl methyl sites for hydroxylation is 1. The number of thiophene rings is 1. The number of benzene rings is 1. The summed E-state index contributed by atoms with van der Waals surface area (Å²) >= 11 is 1.39. The Morgan fingerprint density at radius 1 is 1.19 bits per heavy atom. The van der Waals surface area contributed by atoms with E-state index in [1.807, 2.05) is 0 Å². The van der Waals surface area contributed by atoms with Crippen LogP contribution >= 0.6 is 11.3 Å². The van der Waals surface area contributed by atoms with E-state index in [9.17, 15) is 22.4 Å². The maximum absolute atomic E-state index is 13.2. The van der Waals surface area contributed by atoms with Gasteiger partial charge in [0.1, 0.15) is 10.8 Å². The lowest BCUT2D eigenvalue weighted by atomic mass is 9.99. The van der Waals surface area contributed by atoms with E-state index in [0.717, 1.165) is 41.8 Å². The molecule has 1 aromatic carbocycles. The van der Waals surface area contributed by atoms with Gasteiger partial charge in [-0.1, -0.05) is 0 Å². The summed E-state index contributed by atoms with van der Waals surface area (Å²) in [5.74, 6) is -1.85. The standard InChI is InChI=1S/C21H23FN2O5S2/c1-29-21(26)18-16-5-2-6-17(16)30-20(18)23-19(25)13-4-3-11-24(12-13)31(27,28)15-9-7-14(22)8-10-15/h7-10,13H,2-6,11-12H2,1H3,(H,23,25). The molecule has 1 atom stereocenters. The van der Waals surface area contributed by atoms with E-state index in [-0.39, 0.29) is 17.3 Å². The molecular formula is C21H23FN2O5S2. The molecule has 1 aliphatic heterocycles. The quantitative estimate of drug-likeness (QED) is 0.683. The van der Waals surface area contributed by atoms with Crippen molar-refractivity contribution in [3.8, 4) is 0 Å². The van der Waals surface area contributed by atoms with E-state index >= 15 is 0 Å². The van der Waals surface area contributed by atoms with Crippen LogP contribution in [0.2, 0.25) is 0 Å². The predicted octanol–water partition coefficient (Wildman–Crippen LogP) is 3.20. The number of nitrogens with one attached hydrogen (secondary N) is 1. The number of hydrogen-bond donors (Lipinski definition) is 1. The van der Waals surface area contributed by atoms with Gasteiger partial charge < -0.3 is 10.1 Å². The number of nitrogens with zero attached hydrogens (tertiary/aromatic N) is 1. The van der Waals surface area contributed by atoms with Crippen molar-refractivity contribution in [3.63, 3.8) is 0 Å². The van der Waals surface area contributed by atoms with Crippen molar-refractivity contribution in [2.24, 2.45) is 5.92 Å². The smallest absolute Gasteiger partial charge is 0.341 e. The third-order valence-electron chi connectivity index (χ3n) is 5.75. The summed E-state index contributed by atoms with van der Waals surface area (Å²) in [4.78, 5) is 26.4. The number of halogens is 1. The van der Waals surface area contributed by atoms with Crippen molar-refractivity contribution in [2.75, 3.05) is 25.5 Å². The lowest BCUT2D eigenvalue weighted by molar-refractivity contribution is -0.120. The van der Waals surface area contributed by atoms with E-state index < -0.39 is 27.7 Å². The first-order valence-electron chi connectivity index (χ1n) is 10.1. The zero-order chi connectivity index (χ0) is 22.2. The molecule has 166 valence electrons. The first kappa shape index (κ1) is 21.9. The van der Waals surface area contributed by atoms with Gasteiger partial charge in [-0.05, 0) is 61.9 Å². The predicted molar refractivity (Wildman–Crippen MR) is 114 cm³/mol. The van der Waals surface area contributed by atoms with Crippen molar-refractivity contribution in [1.82, 2.24) is 4.31 Å². The minimum absolute atomic E-state index is 0.00221. The van der Waals surface area contributed by atoms with E-state index in [1.54, 1.807) is 0 Å². The van der Waals surface area contributed by atoms with Crippen LogP contribution in [-0.4, -0.2) is 44.8 Å². The molecule has 1 aliphatic carbocycles. The van der Waals surface area contributed by atoms with Gasteiger partial charge in [0, 0.05) is 18.0 Å². The van der Waals surface area contributed by atoms with Gasteiger partial charge in [0.25, 0.3) is 0 Å². The van der Waals surface area contributed by atoms with Gasteiger partial charge in [-0.2, -0.15) is 4.31 Å². The van der Waals surface area contributed by atoms with Crippen LogP contribution in [0, 0.1) is 11.7 Å². The minimum atomic E-state index is -3.83. The molecule has 1 unspecified atom stereocenters. The highest BCUT2D eigenvalue weighted by molar-refractivity contribution is 7.89. The number of esters is 1. The van der Waals surface area contributed by atoms with E-state index in [2.05, 4.69) is 5.32 Å². The molecule has 7 nitrogen and oxygen atoms in total. The van der Waals surface area contributed by atoms with Crippen LogP contribution in [0.25, 0.3) is 0 Å². The number of amides is 1. The van der Waals surface area contributed by atoms with Crippen LogP contribution in [0.4, 0.5) is 9.39 Å². The SMILES string of the molecule is COC(=O)c1c(NC(=O)C2CCCN(S(=O)(=O)c3ccc(F)cc3)C2)sc2c1CCC2. The zero-order valence-corrected chi connectivity index (χ0v) is 18.7. The number of carbonyl (C=O) groups is 2. The van der Waals surface area contributed by atoms with Crippen molar-refractivity contribution >= 4 is 38.2 Å². The average molecular weight is 467 g/mol. The van der Waals surface area contributed by atoms with Crippen LogP contribution in [-0.2, 0) is 32.4 Å². The maximum Gasteiger partial charge on any atom is 0.341 e. The zero-order valence-electron chi connectivity index (χ0n) is 17.0. The average Bonchev–Trinajstić information content (AvgIpc) is 3.34. The Kier molecular flexibility index (Phi) is 6.14. The number of ether oxygens (including phenoxy) is 1. The molecule has 1 N–H and O–H groups in total. The Morgan fingerprint density at radius 2 is 1.94 bits per heavy atom. The summed E-state index contributed by atoms with van der Waals surface area (Å²) in [7, 11) is -2.51. The fourth-order valence-electron chi connectivity index (χ4n) is 4.15. The molecule has 0 saturated carbocycles. The van der Waals surface area contributed by atoms with Crippen LogP contribution in [0.3, 0.4) is 0 Å². The summed E-state index contributed by atoms with van der Waals surface area (Å²) < 4.78 is 45.2. The first-order valence-corrected chi connectivity index (χ1v) is 12.4. The molecule has 2 aliphatic rings. The Morgan fingerprint density at radius 3 is 2.65 bits per heavy atom. The Balaban J connectivity index is 1.51. The van der Waals surface area contributed by atoms with Crippen molar-refractivity contribution in [1.29, 1.82) is 0 Å². The summed E-state index contributed by atoms with van der Waals surface area (Å²) in [5, 5.41) is 3.32. The van der Waals surface area contributed by atoms with Gasteiger partial charge in [0.15, 0.2) is 0 Å². The second kappa shape index (κ2) is 8.68. The number of rotatable bonds is 5.